The van der Waals surface area contributed by atoms with Gasteiger partial charge in [-0.3, -0.25) is 0 Å². The minimum atomic E-state index is 0.852. The summed E-state index contributed by atoms with van der Waals surface area (Å²) in [6, 6.07) is 0. The molecule has 0 saturated heterocycles. The third-order valence-electron chi connectivity index (χ3n) is 0.977. The van der Waals surface area contributed by atoms with Crippen LogP contribution in [0.1, 0.15) is 13.3 Å². The second-order valence-electron chi connectivity index (χ2n) is 1.45. The first-order valence-corrected chi connectivity index (χ1v) is 3.62. The van der Waals surface area contributed by atoms with E-state index < -0.39 is 0 Å². The molecule has 2 heteroatoms. The van der Waals surface area contributed by atoms with E-state index in [1.807, 2.05) is 11.8 Å². The minimum Gasteiger partial charge on any atom is -0.171 e. The summed E-state index contributed by atoms with van der Waals surface area (Å²) in [4.78, 5) is 0. The summed E-state index contributed by atoms with van der Waals surface area (Å²) in [6.45, 7) is 2.21. The standard InChI is InChI=1S/C4H11BS/c1-3-4(5)6-2/h4H,3,5H2,1-2H3. The molecule has 0 aromatic carbocycles. The van der Waals surface area contributed by atoms with Crippen molar-refractivity contribution in [2.75, 3.05) is 6.26 Å². The molecule has 0 aliphatic rings. The maximum absolute atomic E-state index is 2.24. The highest BCUT2D eigenvalue weighted by Gasteiger charge is 1.89. The zero-order chi connectivity index (χ0) is 4.99. The average molecular weight is 102 g/mol. The molecule has 0 rings (SSSR count). The van der Waals surface area contributed by atoms with Crippen LogP contribution in [0.15, 0.2) is 0 Å². The summed E-state index contributed by atoms with van der Waals surface area (Å²) in [5.74, 6) is 0. The van der Waals surface area contributed by atoms with Crippen LogP contribution in [0.25, 0.3) is 0 Å². The van der Waals surface area contributed by atoms with Crippen molar-refractivity contribution in [2.45, 2.75) is 18.5 Å². The first kappa shape index (κ1) is 6.41. The normalized spacial score (nSPS) is 14.3. The quantitative estimate of drug-likeness (QED) is 0.463. The van der Waals surface area contributed by atoms with Crippen molar-refractivity contribution in [1.29, 1.82) is 0 Å². The minimum absolute atomic E-state index is 0.852. The van der Waals surface area contributed by atoms with E-state index in [2.05, 4.69) is 21.0 Å². The van der Waals surface area contributed by atoms with E-state index in [9.17, 15) is 0 Å². The third-order valence-corrected chi connectivity index (χ3v) is 2.12. The van der Waals surface area contributed by atoms with Crippen LogP contribution in [-0.2, 0) is 0 Å². The molecule has 0 N–H and O–H groups in total. The molecule has 0 heterocycles. The first-order valence-electron chi connectivity index (χ1n) is 2.34. The molecular weight excluding hydrogens is 90.9 g/mol. The lowest BCUT2D eigenvalue weighted by atomic mass is 10.0. The number of hydrogen-bond acceptors (Lipinski definition) is 1. The fourth-order valence-electron chi connectivity index (χ4n) is 0.167. The van der Waals surface area contributed by atoms with Gasteiger partial charge in [0.25, 0.3) is 0 Å². The highest BCUT2D eigenvalue weighted by atomic mass is 32.2. The first-order chi connectivity index (χ1) is 2.81. The molecule has 0 spiro atoms. The number of rotatable bonds is 2. The molecular formula is C4H11BS. The van der Waals surface area contributed by atoms with Crippen LogP contribution in [0.2, 0.25) is 0 Å². The Labute approximate surface area is 45.1 Å². The van der Waals surface area contributed by atoms with E-state index in [-0.39, 0.29) is 0 Å². The van der Waals surface area contributed by atoms with Crippen molar-refractivity contribution >= 4 is 19.6 Å². The third kappa shape index (κ3) is 2.64. The van der Waals surface area contributed by atoms with Gasteiger partial charge in [0.2, 0.25) is 0 Å². The lowest BCUT2D eigenvalue weighted by Crippen LogP contribution is -1.95. The largest absolute Gasteiger partial charge is 0.171 e. The molecule has 0 aliphatic carbocycles. The summed E-state index contributed by atoms with van der Waals surface area (Å²) in [6.07, 6.45) is 3.44. The summed E-state index contributed by atoms with van der Waals surface area (Å²) >= 11 is 1.92. The van der Waals surface area contributed by atoms with Gasteiger partial charge < -0.3 is 0 Å². The fraction of sp³-hybridized carbons (Fsp3) is 1.00. The van der Waals surface area contributed by atoms with Gasteiger partial charge in [-0.2, -0.15) is 11.8 Å². The maximum atomic E-state index is 2.24. The topological polar surface area (TPSA) is 0 Å². The predicted octanol–water partition coefficient (Wildman–Crippen LogP) is 0.719. The van der Waals surface area contributed by atoms with Crippen molar-refractivity contribution in [3.05, 3.63) is 0 Å². The van der Waals surface area contributed by atoms with Crippen LogP contribution >= 0.6 is 11.8 Å². The van der Waals surface area contributed by atoms with Crippen LogP contribution in [0.4, 0.5) is 0 Å². The summed E-state index contributed by atoms with van der Waals surface area (Å²) in [5, 5.41) is 0.852. The molecule has 0 aliphatic heterocycles. The summed E-state index contributed by atoms with van der Waals surface area (Å²) in [7, 11) is 2.24. The Morgan fingerprint density at radius 1 is 1.83 bits per heavy atom. The molecule has 0 amide bonds. The maximum Gasteiger partial charge on any atom is 0.118 e. The Balaban J connectivity index is 2.75. The Kier molecular flexibility index (Phi) is 3.85. The van der Waals surface area contributed by atoms with Gasteiger partial charge in [-0.25, -0.2) is 0 Å². The van der Waals surface area contributed by atoms with E-state index in [0.717, 1.165) is 5.15 Å². The molecule has 36 valence electrons. The SMILES string of the molecule is BC(CC)SC. The van der Waals surface area contributed by atoms with Crippen molar-refractivity contribution in [3.8, 4) is 0 Å². The van der Waals surface area contributed by atoms with Gasteiger partial charge in [0.05, 0.1) is 0 Å². The van der Waals surface area contributed by atoms with E-state index in [1.54, 1.807) is 0 Å². The molecule has 1 unspecified atom stereocenters. The Bertz CT molecular complexity index is 26.7. The highest BCUT2D eigenvalue weighted by Crippen LogP contribution is 2.03. The van der Waals surface area contributed by atoms with Crippen LogP contribution in [0.5, 0.6) is 0 Å². The Hall–Kier alpha value is 0.415. The van der Waals surface area contributed by atoms with Gasteiger partial charge in [0.15, 0.2) is 0 Å². The molecule has 0 aromatic rings. The smallest absolute Gasteiger partial charge is 0.118 e. The molecule has 0 nitrogen and oxygen atoms in total. The van der Waals surface area contributed by atoms with Crippen molar-refractivity contribution in [3.63, 3.8) is 0 Å². The summed E-state index contributed by atoms with van der Waals surface area (Å²) < 4.78 is 0. The van der Waals surface area contributed by atoms with Crippen LogP contribution in [0, 0.1) is 0 Å². The van der Waals surface area contributed by atoms with E-state index in [0.29, 0.717) is 0 Å². The van der Waals surface area contributed by atoms with Gasteiger partial charge in [-0.05, 0) is 11.4 Å². The van der Waals surface area contributed by atoms with E-state index in [1.165, 1.54) is 6.42 Å². The zero-order valence-corrected chi connectivity index (χ0v) is 5.51. The van der Waals surface area contributed by atoms with Crippen molar-refractivity contribution in [2.24, 2.45) is 0 Å². The lowest BCUT2D eigenvalue weighted by molar-refractivity contribution is 1.05. The van der Waals surface area contributed by atoms with Gasteiger partial charge in [0.1, 0.15) is 7.85 Å². The summed E-state index contributed by atoms with van der Waals surface area (Å²) in [5.41, 5.74) is 0. The molecule has 1 atom stereocenters. The zero-order valence-electron chi connectivity index (χ0n) is 4.69. The van der Waals surface area contributed by atoms with Crippen LogP contribution in [-0.4, -0.2) is 19.3 Å². The van der Waals surface area contributed by atoms with Gasteiger partial charge in [-0.15, -0.1) is 0 Å². The van der Waals surface area contributed by atoms with Crippen LogP contribution in [0.3, 0.4) is 0 Å². The van der Waals surface area contributed by atoms with Gasteiger partial charge in [0, 0.05) is 0 Å². The Morgan fingerprint density at radius 3 is 2.33 bits per heavy atom. The van der Waals surface area contributed by atoms with E-state index >= 15 is 0 Å². The van der Waals surface area contributed by atoms with Crippen LogP contribution < -0.4 is 0 Å². The number of thioether (sulfide) groups is 1. The van der Waals surface area contributed by atoms with Crippen molar-refractivity contribution < 1.29 is 0 Å². The molecule has 0 radical (unpaired) electrons. The molecule has 0 fully saturated rings. The monoisotopic (exact) mass is 102 g/mol. The lowest BCUT2D eigenvalue weighted by Gasteiger charge is -1.98. The highest BCUT2D eigenvalue weighted by molar-refractivity contribution is 8.00. The predicted molar refractivity (Wildman–Crippen MR) is 36.1 cm³/mol. The molecule has 0 bridgehead atoms. The fourth-order valence-corrected chi connectivity index (χ4v) is 0.500. The second-order valence-corrected chi connectivity index (χ2v) is 2.73. The average Bonchev–Trinajstić information content (AvgIpc) is 1.65. The number of hydrogen-bond donors (Lipinski definition) is 0. The van der Waals surface area contributed by atoms with Gasteiger partial charge >= 0.3 is 0 Å². The Morgan fingerprint density at radius 2 is 2.33 bits per heavy atom. The van der Waals surface area contributed by atoms with E-state index in [4.69, 9.17) is 0 Å². The molecule has 0 aromatic heterocycles. The van der Waals surface area contributed by atoms with Crippen molar-refractivity contribution in [1.82, 2.24) is 0 Å². The second kappa shape index (κ2) is 3.60. The molecule has 6 heavy (non-hydrogen) atoms. The molecule has 0 saturated carbocycles. The van der Waals surface area contributed by atoms with Gasteiger partial charge in [-0.1, -0.05) is 13.3 Å².